The van der Waals surface area contributed by atoms with Gasteiger partial charge in [-0.25, -0.2) is 0 Å². The van der Waals surface area contributed by atoms with Crippen LogP contribution in [-0.2, 0) is 4.79 Å². The Balaban J connectivity index is 1.79. The Labute approximate surface area is 136 Å². The van der Waals surface area contributed by atoms with Gasteiger partial charge in [-0.3, -0.25) is 9.78 Å². The van der Waals surface area contributed by atoms with Crippen molar-refractivity contribution in [1.82, 2.24) is 9.88 Å². The van der Waals surface area contributed by atoms with Crippen molar-refractivity contribution in [2.45, 2.75) is 26.2 Å². The lowest BCUT2D eigenvalue weighted by Gasteiger charge is -2.26. The number of benzene rings is 1. The molecule has 0 saturated carbocycles. The lowest BCUT2D eigenvalue weighted by molar-refractivity contribution is -0.134. The minimum atomic E-state index is 0.0511. The first-order valence-electron chi connectivity index (χ1n) is 8.03. The number of hydrogen-bond acceptors (Lipinski definition) is 4. The Morgan fingerprint density at radius 2 is 2.00 bits per heavy atom. The Morgan fingerprint density at radius 3 is 2.74 bits per heavy atom. The number of pyridine rings is 1. The molecule has 1 aliphatic rings. The molecule has 2 heterocycles. The molecular formula is C18H22N2O3. The number of piperidine rings is 1. The van der Waals surface area contributed by atoms with E-state index in [4.69, 9.17) is 9.47 Å². The summed E-state index contributed by atoms with van der Waals surface area (Å²) in [5, 5.41) is 0.862. The molecule has 5 heteroatoms. The van der Waals surface area contributed by atoms with Crippen LogP contribution in [0.5, 0.6) is 11.5 Å². The predicted octanol–water partition coefficient (Wildman–Crippen LogP) is 2.94. The van der Waals surface area contributed by atoms with Crippen LogP contribution in [0.25, 0.3) is 10.9 Å². The first-order valence-corrected chi connectivity index (χ1v) is 8.03. The van der Waals surface area contributed by atoms with Gasteiger partial charge < -0.3 is 14.4 Å². The molecule has 0 radical (unpaired) electrons. The van der Waals surface area contributed by atoms with Crippen molar-refractivity contribution >= 4 is 16.8 Å². The number of methoxy groups -OCH3 is 1. The number of nitrogens with zero attached hydrogens (tertiary/aromatic N) is 2. The minimum absolute atomic E-state index is 0.0511. The third-order valence-corrected chi connectivity index (χ3v) is 4.17. The number of hydrogen-bond donors (Lipinski definition) is 0. The second-order valence-electron chi connectivity index (χ2n) is 5.87. The molecule has 23 heavy (non-hydrogen) atoms. The highest BCUT2D eigenvalue weighted by atomic mass is 16.5. The molecule has 0 bridgehead atoms. The van der Waals surface area contributed by atoms with Gasteiger partial charge in [0.1, 0.15) is 11.5 Å². The number of likely N-dealkylation sites (tertiary alicyclic amines) is 1. The van der Waals surface area contributed by atoms with Crippen LogP contribution in [0.2, 0.25) is 0 Å². The summed E-state index contributed by atoms with van der Waals surface area (Å²) in [6, 6.07) is 7.53. The number of carbonyl (C=O) groups excluding carboxylic acids is 1. The van der Waals surface area contributed by atoms with Crippen LogP contribution in [-0.4, -0.2) is 42.6 Å². The molecule has 5 nitrogen and oxygen atoms in total. The van der Waals surface area contributed by atoms with Gasteiger partial charge in [0.2, 0.25) is 0 Å². The maximum Gasteiger partial charge on any atom is 0.260 e. The Kier molecular flexibility index (Phi) is 4.65. The fourth-order valence-corrected chi connectivity index (χ4v) is 2.92. The molecule has 3 rings (SSSR count). The highest BCUT2D eigenvalue weighted by molar-refractivity contribution is 5.87. The van der Waals surface area contributed by atoms with E-state index in [0.717, 1.165) is 48.3 Å². The normalized spacial score (nSPS) is 14.8. The number of ether oxygens (including phenoxy) is 2. The molecule has 1 amide bonds. The van der Waals surface area contributed by atoms with Gasteiger partial charge in [0.15, 0.2) is 6.61 Å². The Hall–Kier alpha value is -2.30. The quantitative estimate of drug-likeness (QED) is 0.870. The maximum absolute atomic E-state index is 12.3. The zero-order valence-electron chi connectivity index (χ0n) is 13.7. The summed E-state index contributed by atoms with van der Waals surface area (Å²) in [5.74, 6) is 1.47. The van der Waals surface area contributed by atoms with Gasteiger partial charge >= 0.3 is 0 Å². The molecular weight excluding hydrogens is 292 g/mol. The monoisotopic (exact) mass is 314 g/mol. The average Bonchev–Trinajstić information content (AvgIpc) is 2.59. The molecule has 1 saturated heterocycles. The third kappa shape index (κ3) is 3.55. The molecule has 0 spiro atoms. The zero-order valence-corrected chi connectivity index (χ0v) is 13.7. The molecule has 0 N–H and O–H groups in total. The van der Waals surface area contributed by atoms with E-state index in [9.17, 15) is 4.79 Å². The highest BCUT2D eigenvalue weighted by Gasteiger charge is 2.17. The third-order valence-electron chi connectivity index (χ3n) is 4.17. The van der Waals surface area contributed by atoms with Crippen molar-refractivity contribution in [3.05, 3.63) is 30.0 Å². The minimum Gasteiger partial charge on any atom is -0.497 e. The number of rotatable bonds is 4. The van der Waals surface area contributed by atoms with Crippen molar-refractivity contribution in [2.24, 2.45) is 0 Å². The molecule has 1 fully saturated rings. The molecule has 2 aromatic rings. The second kappa shape index (κ2) is 6.86. The SMILES string of the molecule is COc1ccc2nc(C)cc(OCC(=O)N3CCCCC3)c2c1. The topological polar surface area (TPSA) is 51.7 Å². The Morgan fingerprint density at radius 1 is 1.22 bits per heavy atom. The van der Waals surface area contributed by atoms with Crippen molar-refractivity contribution in [1.29, 1.82) is 0 Å². The highest BCUT2D eigenvalue weighted by Crippen LogP contribution is 2.29. The van der Waals surface area contributed by atoms with Gasteiger partial charge in [-0.05, 0) is 44.4 Å². The van der Waals surface area contributed by atoms with Crippen LogP contribution in [0.4, 0.5) is 0 Å². The summed E-state index contributed by atoms with van der Waals surface area (Å²) < 4.78 is 11.1. The van der Waals surface area contributed by atoms with Crippen LogP contribution in [0.1, 0.15) is 25.0 Å². The van der Waals surface area contributed by atoms with Crippen molar-refractivity contribution in [3.8, 4) is 11.5 Å². The van der Waals surface area contributed by atoms with Crippen molar-refractivity contribution < 1.29 is 14.3 Å². The number of amides is 1. The van der Waals surface area contributed by atoms with E-state index in [2.05, 4.69) is 4.98 Å². The Bertz CT molecular complexity index is 709. The fraction of sp³-hybridized carbons (Fsp3) is 0.444. The first kappa shape index (κ1) is 15.6. The van der Waals surface area contributed by atoms with E-state index in [1.165, 1.54) is 6.42 Å². The zero-order chi connectivity index (χ0) is 16.2. The van der Waals surface area contributed by atoms with E-state index in [1.807, 2.05) is 36.1 Å². The van der Waals surface area contributed by atoms with E-state index in [1.54, 1.807) is 7.11 Å². The van der Waals surface area contributed by atoms with E-state index in [-0.39, 0.29) is 12.5 Å². The van der Waals surface area contributed by atoms with Gasteiger partial charge in [-0.15, -0.1) is 0 Å². The molecule has 1 aromatic heterocycles. The second-order valence-corrected chi connectivity index (χ2v) is 5.87. The van der Waals surface area contributed by atoms with Gasteiger partial charge in [0, 0.05) is 30.2 Å². The summed E-state index contributed by atoms with van der Waals surface area (Å²) in [5.41, 5.74) is 1.70. The van der Waals surface area contributed by atoms with E-state index in [0.29, 0.717) is 5.75 Å². The molecule has 0 aliphatic carbocycles. The van der Waals surface area contributed by atoms with Gasteiger partial charge in [0.25, 0.3) is 5.91 Å². The van der Waals surface area contributed by atoms with Crippen molar-refractivity contribution in [2.75, 3.05) is 26.8 Å². The van der Waals surface area contributed by atoms with E-state index < -0.39 is 0 Å². The largest absolute Gasteiger partial charge is 0.497 e. The van der Waals surface area contributed by atoms with Gasteiger partial charge in [-0.1, -0.05) is 0 Å². The molecule has 0 atom stereocenters. The first-order chi connectivity index (χ1) is 11.2. The summed E-state index contributed by atoms with van der Waals surface area (Å²) in [4.78, 5) is 18.7. The summed E-state index contributed by atoms with van der Waals surface area (Å²) in [6.07, 6.45) is 3.37. The number of aromatic nitrogens is 1. The summed E-state index contributed by atoms with van der Waals surface area (Å²) in [6.45, 7) is 3.66. The predicted molar refractivity (Wildman–Crippen MR) is 89.0 cm³/mol. The summed E-state index contributed by atoms with van der Waals surface area (Å²) >= 11 is 0. The van der Waals surface area contributed by atoms with Crippen LogP contribution in [0.3, 0.4) is 0 Å². The number of carbonyl (C=O) groups is 1. The lowest BCUT2D eigenvalue weighted by atomic mass is 10.1. The molecule has 0 unspecified atom stereocenters. The molecule has 1 aliphatic heterocycles. The van der Waals surface area contributed by atoms with Gasteiger partial charge in [-0.2, -0.15) is 0 Å². The lowest BCUT2D eigenvalue weighted by Crippen LogP contribution is -2.38. The van der Waals surface area contributed by atoms with Crippen LogP contribution < -0.4 is 9.47 Å². The van der Waals surface area contributed by atoms with Gasteiger partial charge in [0.05, 0.1) is 12.6 Å². The van der Waals surface area contributed by atoms with Crippen LogP contribution in [0.15, 0.2) is 24.3 Å². The molecule has 1 aromatic carbocycles. The standard InChI is InChI=1S/C18H22N2O3/c1-13-10-17(15-11-14(22-2)6-7-16(15)19-13)23-12-18(21)20-8-4-3-5-9-20/h6-7,10-11H,3-5,8-9,12H2,1-2H3. The van der Waals surface area contributed by atoms with Crippen LogP contribution in [0, 0.1) is 6.92 Å². The van der Waals surface area contributed by atoms with Crippen molar-refractivity contribution in [3.63, 3.8) is 0 Å². The maximum atomic E-state index is 12.3. The number of aryl methyl sites for hydroxylation is 1. The molecule has 122 valence electrons. The van der Waals surface area contributed by atoms with Crippen LogP contribution >= 0.6 is 0 Å². The van der Waals surface area contributed by atoms with E-state index >= 15 is 0 Å². The number of fused-ring (bicyclic) bond motifs is 1. The summed E-state index contributed by atoms with van der Waals surface area (Å²) in [7, 11) is 1.63. The fourth-order valence-electron chi connectivity index (χ4n) is 2.92. The smallest absolute Gasteiger partial charge is 0.260 e. The average molecular weight is 314 g/mol.